The van der Waals surface area contributed by atoms with Crippen LogP contribution in [0.2, 0.25) is 0 Å². The molecule has 2 atom stereocenters. The molecule has 0 aromatic rings. The van der Waals surface area contributed by atoms with Gasteiger partial charge in [-0.15, -0.1) is 6.58 Å². The molecule has 0 aliphatic heterocycles. The fourth-order valence-electron chi connectivity index (χ4n) is 1.36. The predicted octanol–water partition coefficient (Wildman–Crippen LogP) is 1.84. The number of rotatable bonds is 7. The highest BCUT2D eigenvalue weighted by molar-refractivity contribution is 5.81. The lowest BCUT2D eigenvalue weighted by Gasteiger charge is -2.20. The van der Waals surface area contributed by atoms with E-state index in [9.17, 15) is 4.79 Å². The average Bonchev–Trinajstić information content (AvgIpc) is 2.13. The smallest absolute Gasteiger partial charge is 0.237 e. The van der Waals surface area contributed by atoms with Gasteiger partial charge in [0.25, 0.3) is 0 Å². The second-order valence-electron chi connectivity index (χ2n) is 4.32. The van der Waals surface area contributed by atoms with Gasteiger partial charge in [0.05, 0.1) is 6.04 Å². The molecule has 0 aromatic carbocycles. The van der Waals surface area contributed by atoms with E-state index in [1.807, 2.05) is 26.8 Å². The first-order valence-electron chi connectivity index (χ1n) is 5.64. The predicted molar refractivity (Wildman–Crippen MR) is 64.8 cm³/mol. The molecule has 0 aliphatic carbocycles. The number of amides is 1. The van der Waals surface area contributed by atoms with E-state index in [2.05, 4.69) is 24.1 Å². The normalized spacial score (nSPS) is 14.7. The van der Waals surface area contributed by atoms with Crippen LogP contribution in [-0.4, -0.2) is 24.0 Å². The summed E-state index contributed by atoms with van der Waals surface area (Å²) in [6.07, 6.45) is 3.90. The summed E-state index contributed by atoms with van der Waals surface area (Å²) in [5.41, 5.74) is 0. The van der Waals surface area contributed by atoms with Crippen LogP contribution in [0.3, 0.4) is 0 Å². The van der Waals surface area contributed by atoms with Crippen LogP contribution in [0.1, 0.15) is 40.5 Å². The molecule has 0 fully saturated rings. The maximum absolute atomic E-state index is 11.6. The molecule has 0 aliphatic rings. The van der Waals surface area contributed by atoms with Crippen molar-refractivity contribution < 1.29 is 4.79 Å². The summed E-state index contributed by atoms with van der Waals surface area (Å²) in [7, 11) is 0. The summed E-state index contributed by atoms with van der Waals surface area (Å²) in [5.74, 6) is 0.0652. The van der Waals surface area contributed by atoms with E-state index in [1.165, 1.54) is 0 Å². The molecule has 0 bridgehead atoms. The Kier molecular flexibility index (Phi) is 7.05. The van der Waals surface area contributed by atoms with Crippen LogP contribution in [0, 0.1) is 0 Å². The van der Waals surface area contributed by atoms with Gasteiger partial charge in [-0.1, -0.05) is 6.08 Å². The maximum Gasteiger partial charge on any atom is 0.237 e. The van der Waals surface area contributed by atoms with Crippen molar-refractivity contribution >= 4 is 5.91 Å². The minimum atomic E-state index is -0.132. The number of carbonyl (C=O) groups excluding carboxylic acids is 1. The Labute approximate surface area is 93.3 Å². The molecule has 0 radical (unpaired) electrons. The van der Waals surface area contributed by atoms with E-state index in [1.54, 1.807) is 0 Å². The summed E-state index contributed by atoms with van der Waals surface area (Å²) in [6.45, 7) is 11.6. The monoisotopic (exact) mass is 212 g/mol. The fourth-order valence-corrected chi connectivity index (χ4v) is 1.36. The van der Waals surface area contributed by atoms with Gasteiger partial charge in [-0.05, 0) is 40.5 Å². The molecule has 0 aromatic heterocycles. The standard InChI is InChI=1S/C12H24N2O/c1-6-7-8-10(4)14-11(5)12(15)13-9(2)3/h6,9-11,14H,1,7-8H2,2-5H3,(H,13,15). The van der Waals surface area contributed by atoms with Crippen LogP contribution in [0.5, 0.6) is 0 Å². The number of hydrogen-bond donors (Lipinski definition) is 2. The van der Waals surface area contributed by atoms with Crippen molar-refractivity contribution in [3.63, 3.8) is 0 Å². The largest absolute Gasteiger partial charge is 0.353 e. The number of allylic oxidation sites excluding steroid dienone is 1. The highest BCUT2D eigenvalue weighted by Crippen LogP contribution is 1.98. The van der Waals surface area contributed by atoms with E-state index in [4.69, 9.17) is 0 Å². The van der Waals surface area contributed by atoms with E-state index >= 15 is 0 Å². The molecule has 1 amide bonds. The van der Waals surface area contributed by atoms with Gasteiger partial charge in [0.15, 0.2) is 0 Å². The Morgan fingerprint density at radius 1 is 1.33 bits per heavy atom. The van der Waals surface area contributed by atoms with Gasteiger partial charge in [-0.25, -0.2) is 0 Å². The molecule has 0 saturated heterocycles. The van der Waals surface area contributed by atoms with Crippen LogP contribution < -0.4 is 10.6 Å². The molecule has 2 N–H and O–H groups in total. The Bertz CT molecular complexity index is 202. The Morgan fingerprint density at radius 2 is 1.93 bits per heavy atom. The number of carbonyl (C=O) groups is 1. The zero-order valence-electron chi connectivity index (χ0n) is 10.3. The minimum absolute atomic E-state index is 0.0652. The molecular formula is C12H24N2O. The van der Waals surface area contributed by atoms with Crippen molar-refractivity contribution in [1.82, 2.24) is 10.6 Å². The van der Waals surface area contributed by atoms with Crippen molar-refractivity contribution in [1.29, 1.82) is 0 Å². The van der Waals surface area contributed by atoms with Gasteiger partial charge in [0, 0.05) is 12.1 Å². The number of hydrogen-bond acceptors (Lipinski definition) is 2. The third kappa shape index (κ3) is 7.14. The highest BCUT2D eigenvalue weighted by atomic mass is 16.2. The molecule has 15 heavy (non-hydrogen) atoms. The van der Waals surface area contributed by atoms with E-state index in [-0.39, 0.29) is 18.0 Å². The van der Waals surface area contributed by atoms with Crippen molar-refractivity contribution in [3.05, 3.63) is 12.7 Å². The second-order valence-corrected chi connectivity index (χ2v) is 4.32. The maximum atomic E-state index is 11.6. The zero-order chi connectivity index (χ0) is 11.8. The van der Waals surface area contributed by atoms with E-state index < -0.39 is 0 Å². The van der Waals surface area contributed by atoms with Gasteiger partial charge < -0.3 is 10.6 Å². The van der Waals surface area contributed by atoms with Crippen LogP contribution >= 0.6 is 0 Å². The molecule has 0 rings (SSSR count). The molecule has 0 saturated carbocycles. The van der Waals surface area contributed by atoms with Crippen LogP contribution in [0.4, 0.5) is 0 Å². The summed E-state index contributed by atoms with van der Waals surface area (Å²) < 4.78 is 0. The van der Waals surface area contributed by atoms with E-state index in [0.29, 0.717) is 6.04 Å². The SMILES string of the molecule is C=CCCC(C)NC(C)C(=O)NC(C)C. The Morgan fingerprint density at radius 3 is 2.40 bits per heavy atom. The van der Waals surface area contributed by atoms with Crippen LogP contribution in [-0.2, 0) is 4.79 Å². The quantitative estimate of drug-likeness (QED) is 0.632. The third-order valence-corrected chi connectivity index (χ3v) is 2.16. The topological polar surface area (TPSA) is 41.1 Å². The molecule has 88 valence electrons. The van der Waals surface area contributed by atoms with Gasteiger partial charge in [-0.2, -0.15) is 0 Å². The number of nitrogens with one attached hydrogen (secondary N) is 2. The second kappa shape index (κ2) is 7.46. The first kappa shape index (κ1) is 14.2. The lowest BCUT2D eigenvalue weighted by Crippen LogP contribution is -2.47. The van der Waals surface area contributed by atoms with Crippen LogP contribution in [0.25, 0.3) is 0 Å². The average molecular weight is 212 g/mol. The molecule has 0 spiro atoms. The lowest BCUT2D eigenvalue weighted by molar-refractivity contribution is -0.123. The van der Waals surface area contributed by atoms with Gasteiger partial charge >= 0.3 is 0 Å². The summed E-state index contributed by atoms with van der Waals surface area (Å²) >= 11 is 0. The van der Waals surface area contributed by atoms with Gasteiger partial charge in [0.1, 0.15) is 0 Å². The minimum Gasteiger partial charge on any atom is -0.353 e. The first-order valence-corrected chi connectivity index (χ1v) is 5.64. The Hall–Kier alpha value is -0.830. The van der Waals surface area contributed by atoms with E-state index in [0.717, 1.165) is 12.8 Å². The van der Waals surface area contributed by atoms with Crippen molar-refractivity contribution in [2.45, 2.75) is 58.7 Å². The molecular weight excluding hydrogens is 188 g/mol. The fraction of sp³-hybridized carbons (Fsp3) is 0.750. The molecule has 3 nitrogen and oxygen atoms in total. The molecule has 0 heterocycles. The van der Waals surface area contributed by atoms with Crippen molar-refractivity contribution in [2.75, 3.05) is 0 Å². The lowest BCUT2D eigenvalue weighted by atomic mass is 10.1. The van der Waals surface area contributed by atoms with Gasteiger partial charge in [0.2, 0.25) is 5.91 Å². The molecule has 2 unspecified atom stereocenters. The summed E-state index contributed by atoms with van der Waals surface area (Å²) in [4.78, 5) is 11.6. The summed E-state index contributed by atoms with van der Waals surface area (Å²) in [6, 6.07) is 0.411. The Balaban J connectivity index is 3.84. The first-order chi connectivity index (χ1) is 6.97. The van der Waals surface area contributed by atoms with Crippen molar-refractivity contribution in [3.8, 4) is 0 Å². The summed E-state index contributed by atoms with van der Waals surface area (Å²) in [5, 5.41) is 6.14. The zero-order valence-corrected chi connectivity index (χ0v) is 10.3. The highest BCUT2D eigenvalue weighted by Gasteiger charge is 2.14. The van der Waals surface area contributed by atoms with Crippen LogP contribution in [0.15, 0.2) is 12.7 Å². The third-order valence-electron chi connectivity index (χ3n) is 2.16. The molecule has 3 heteroatoms. The van der Waals surface area contributed by atoms with Crippen molar-refractivity contribution in [2.24, 2.45) is 0 Å². The van der Waals surface area contributed by atoms with Gasteiger partial charge in [-0.3, -0.25) is 4.79 Å².